The Balaban J connectivity index is 2.37. The van der Waals surface area contributed by atoms with Gasteiger partial charge in [0.05, 0.1) is 23.2 Å². The number of para-hydroxylation sites is 1. The maximum atomic E-state index is 13.1. The molecule has 0 fully saturated rings. The maximum absolute atomic E-state index is 13.1. The molecular formula is C22H27N3O4S. The summed E-state index contributed by atoms with van der Waals surface area (Å²) in [6.07, 6.45) is 2.87. The molecule has 2 rings (SSSR count). The van der Waals surface area contributed by atoms with Gasteiger partial charge in [0.2, 0.25) is 15.9 Å². The number of anilines is 2. The molecular weight excluding hydrogens is 402 g/mol. The Morgan fingerprint density at radius 2 is 1.77 bits per heavy atom. The van der Waals surface area contributed by atoms with Crippen molar-refractivity contribution in [1.29, 1.82) is 0 Å². The molecule has 2 aromatic rings. The number of rotatable bonds is 9. The van der Waals surface area contributed by atoms with Crippen LogP contribution in [0.3, 0.4) is 0 Å². The normalized spacial score (nSPS) is 12.0. The summed E-state index contributed by atoms with van der Waals surface area (Å²) in [5.41, 5.74) is 1.97. The fraction of sp³-hybridized carbons (Fsp3) is 0.273. The van der Waals surface area contributed by atoms with E-state index in [-0.39, 0.29) is 24.4 Å². The molecule has 0 aromatic heterocycles. The highest BCUT2D eigenvalue weighted by atomic mass is 32.2. The van der Waals surface area contributed by atoms with Crippen molar-refractivity contribution in [3.05, 3.63) is 72.3 Å². The van der Waals surface area contributed by atoms with E-state index in [2.05, 4.69) is 17.2 Å². The van der Waals surface area contributed by atoms with Crippen LogP contribution >= 0.6 is 0 Å². The SMILES string of the molecule is C=CCNC(=O)c1ccccc1NC(=O)C(CC)N(c1ccc(C)cc1)S(C)(=O)=O. The summed E-state index contributed by atoms with van der Waals surface area (Å²) in [7, 11) is -3.74. The number of aryl methyl sites for hydroxylation is 1. The van der Waals surface area contributed by atoms with Gasteiger partial charge in [-0.2, -0.15) is 0 Å². The highest BCUT2D eigenvalue weighted by molar-refractivity contribution is 7.92. The average Bonchev–Trinajstić information content (AvgIpc) is 2.70. The predicted octanol–water partition coefficient (Wildman–Crippen LogP) is 3.09. The van der Waals surface area contributed by atoms with Crippen LogP contribution in [0.25, 0.3) is 0 Å². The lowest BCUT2D eigenvalue weighted by Crippen LogP contribution is -2.47. The second-order valence-corrected chi connectivity index (χ2v) is 8.71. The van der Waals surface area contributed by atoms with Crippen molar-refractivity contribution < 1.29 is 18.0 Å². The minimum Gasteiger partial charge on any atom is -0.349 e. The zero-order valence-electron chi connectivity index (χ0n) is 17.4. The molecule has 160 valence electrons. The fourth-order valence-corrected chi connectivity index (χ4v) is 4.23. The first-order chi connectivity index (χ1) is 14.2. The van der Waals surface area contributed by atoms with E-state index in [0.29, 0.717) is 11.4 Å². The monoisotopic (exact) mass is 429 g/mol. The van der Waals surface area contributed by atoms with Crippen LogP contribution in [0.4, 0.5) is 11.4 Å². The van der Waals surface area contributed by atoms with Crippen LogP contribution < -0.4 is 14.9 Å². The number of amides is 2. The molecule has 0 aliphatic heterocycles. The maximum Gasteiger partial charge on any atom is 0.253 e. The van der Waals surface area contributed by atoms with Crippen LogP contribution in [0.1, 0.15) is 29.3 Å². The quantitative estimate of drug-likeness (QED) is 0.599. The molecule has 30 heavy (non-hydrogen) atoms. The summed E-state index contributed by atoms with van der Waals surface area (Å²) in [6.45, 7) is 7.48. The number of benzene rings is 2. The van der Waals surface area contributed by atoms with E-state index in [0.717, 1.165) is 16.1 Å². The van der Waals surface area contributed by atoms with Gasteiger partial charge in [-0.25, -0.2) is 8.42 Å². The molecule has 0 radical (unpaired) electrons. The number of nitrogens with zero attached hydrogens (tertiary/aromatic N) is 1. The molecule has 2 N–H and O–H groups in total. The summed E-state index contributed by atoms with van der Waals surface area (Å²) < 4.78 is 26.2. The highest BCUT2D eigenvalue weighted by Gasteiger charge is 2.32. The van der Waals surface area contributed by atoms with Crippen molar-refractivity contribution >= 4 is 33.2 Å². The molecule has 0 aliphatic rings. The van der Waals surface area contributed by atoms with Crippen molar-refractivity contribution in [1.82, 2.24) is 5.32 Å². The molecule has 0 aliphatic carbocycles. The topological polar surface area (TPSA) is 95.6 Å². The van der Waals surface area contributed by atoms with Crippen molar-refractivity contribution in [2.24, 2.45) is 0 Å². The molecule has 7 nitrogen and oxygen atoms in total. The molecule has 0 spiro atoms. The van der Waals surface area contributed by atoms with Crippen LogP contribution in [0.5, 0.6) is 0 Å². The van der Waals surface area contributed by atoms with Crippen molar-refractivity contribution in [3.63, 3.8) is 0 Å². The zero-order chi connectivity index (χ0) is 22.3. The molecule has 8 heteroatoms. The van der Waals surface area contributed by atoms with Crippen LogP contribution in [-0.4, -0.2) is 39.1 Å². The third kappa shape index (κ3) is 5.70. The summed E-state index contributed by atoms with van der Waals surface area (Å²) >= 11 is 0. The Kier molecular flexibility index (Phi) is 7.77. The number of carbonyl (C=O) groups excluding carboxylic acids is 2. The van der Waals surface area contributed by atoms with E-state index >= 15 is 0 Å². The first-order valence-electron chi connectivity index (χ1n) is 9.54. The molecule has 1 unspecified atom stereocenters. The fourth-order valence-electron chi connectivity index (χ4n) is 3.02. The van der Waals surface area contributed by atoms with Crippen LogP contribution in [-0.2, 0) is 14.8 Å². The van der Waals surface area contributed by atoms with E-state index in [1.165, 1.54) is 0 Å². The number of carbonyl (C=O) groups is 2. The predicted molar refractivity (Wildman–Crippen MR) is 120 cm³/mol. The molecule has 0 saturated carbocycles. The van der Waals surface area contributed by atoms with Gasteiger partial charge in [0, 0.05) is 6.54 Å². The van der Waals surface area contributed by atoms with E-state index in [1.807, 2.05) is 6.92 Å². The lowest BCUT2D eigenvalue weighted by Gasteiger charge is -2.30. The van der Waals surface area contributed by atoms with Crippen LogP contribution in [0.15, 0.2) is 61.2 Å². The standard InChI is InChI=1S/C22H27N3O4S/c1-5-15-23-21(26)18-9-7-8-10-19(18)24-22(27)20(6-2)25(30(4,28)29)17-13-11-16(3)12-14-17/h5,7-14,20H,1,6,15H2,2-4H3,(H,23,26)(H,24,27). The summed E-state index contributed by atoms with van der Waals surface area (Å²) in [5.74, 6) is -0.884. The second kappa shape index (κ2) is 10.1. The zero-order valence-corrected chi connectivity index (χ0v) is 18.2. The van der Waals surface area contributed by atoms with Gasteiger partial charge in [0.1, 0.15) is 6.04 Å². The minimum atomic E-state index is -3.74. The van der Waals surface area contributed by atoms with Crippen LogP contribution in [0, 0.1) is 6.92 Å². The third-order valence-corrected chi connectivity index (χ3v) is 5.63. The average molecular weight is 430 g/mol. The van der Waals surface area contributed by atoms with Gasteiger partial charge in [-0.05, 0) is 37.6 Å². The lowest BCUT2D eigenvalue weighted by atomic mass is 10.1. The number of nitrogens with one attached hydrogen (secondary N) is 2. The first-order valence-corrected chi connectivity index (χ1v) is 11.4. The highest BCUT2D eigenvalue weighted by Crippen LogP contribution is 2.24. The molecule has 0 bridgehead atoms. The van der Waals surface area contributed by atoms with Gasteiger partial charge >= 0.3 is 0 Å². The van der Waals surface area contributed by atoms with Gasteiger partial charge < -0.3 is 10.6 Å². The Bertz CT molecular complexity index is 1020. The number of hydrogen-bond donors (Lipinski definition) is 2. The molecule has 2 aromatic carbocycles. The van der Waals surface area contributed by atoms with Crippen molar-refractivity contribution in [2.45, 2.75) is 26.3 Å². The van der Waals surface area contributed by atoms with Gasteiger partial charge in [0.15, 0.2) is 0 Å². The van der Waals surface area contributed by atoms with E-state index in [4.69, 9.17) is 0 Å². The van der Waals surface area contributed by atoms with Gasteiger partial charge in [0.25, 0.3) is 5.91 Å². The minimum absolute atomic E-state index is 0.248. The van der Waals surface area contributed by atoms with Crippen molar-refractivity contribution in [2.75, 3.05) is 22.4 Å². The van der Waals surface area contributed by atoms with E-state index in [9.17, 15) is 18.0 Å². The summed E-state index contributed by atoms with van der Waals surface area (Å²) in [6, 6.07) is 12.5. The Morgan fingerprint density at radius 1 is 1.13 bits per heavy atom. The number of sulfonamides is 1. The molecule has 1 atom stereocenters. The van der Waals surface area contributed by atoms with Gasteiger partial charge in [-0.3, -0.25) is 13.9 Å². The van der Waals surface area contributed by atoms with Gasteiger partial charge in [-0.1, -0.05) is 42.8 Å². The Labute approximate surface area is 177 Å². The number of hydrogen-bond acceptors (Lipinski definition) is 4. The lowest BCUT2D eigenvalue weighted by molar-refractivity contribution is -0.117. The van der Waals surface area contributed by atoms with Crippen LogP contribution in [0.2, 0.25) is 0 Å². The third-order valence-electron chi connectivity index (χ3n) is 4.45. The van der Waals surface area contributed by atoms with Gasteiger partial charge in [-0.15, -0.1) is 6.58 Å². The van der Waals surface area contributed by atoms with E-state index < -0.39 is 22.0 Å². The largest absolute Gasteiger partial charge is 0.349 e. The molecule has 0 heterocycles. The van der Waals surface area contributed by atoms with Crippen molar-refractivity contribution in [3.8, 4) is 0 Å². The first kappa shape index (κ1) is 23.2. The van der Waals surface area contributed by atoms with E-state index in [1.54, 1.807) is 61.5 Å². The molecule has 0 saturated heterocycles. The Morgan fingerprint density at radius 3 is 2.33 bits per heavy atom. The summed E-state index contributed by atoms with van der Waals surface area (Å²) in [4.78, 5) is 25.5. The Hall–Kier alpha value is -3.13. The summed E-state index contributed by atoms with van der Waals surface area (Å²) in [5, 5.41) is 5.39. The second-order valence-electron chi connectivity index (χ2n) is 6.85. The smallest absolute Gasteiger partial charge is 0.253 e. The molecule has 2 amide bonds.